The van der Waals surface area contributed by atoms with Gasteiger partial charge in [0.05, 0.1) is 5.38 Å². The number of hydrogen-bond acceptors (Lipinski definition) is 2. The molecule has 0 radical (unpaired) electrons. The summed E-state index contributed by atoms with van der Waals surface area (Å²) in [6, 6.07) is 5.06. The van der Waals surface area contributed by atoms with Crippen molar-refractivity contribution in [1.82, 2.24) is 0 Å². The van der Waals surface area contributed by atoms with Crippen molar-refractivity contribution in [3.63, 3.8) is 0 Å². The molecule has 14 heavy (non-hydrogen) atoms. The van der Waals surface area contributed by atoms with E-state index in [2.05, 4.69) is 0 Å². The Morgan fingerprint density at radius 1 is 1.50 bits per heavy atom. The number of nitrogens with two attached hydrogens (primary N) is 1. The molecule has 0 aliphatic carbocycles. The highest BCUT2D eigenvalue weighted by Gasteiger charge is 2.13. The van der Waals surface area contributed by atoms with Gasteiger partial charge in [0.25, 0.3) is 0 Å². The zero-order valence-corrected chi connectivity index (χ0v) is 9.27. The SMILES string of the molecule is CC(Cl)C(=O)c1cc(N)cc(CCl)c1. The van der Waals surface area contributed by atoms with E-state index in [4.69, 9.17) is 28.9 Å². The Kier molecular flexibility index (Phi) is 3.78. The van der Waals surface area contributed by atoms with E-state index in [9.17, 15) is 4.79 Å². The lowest BCUT2D eigenvalue weighted by molar-refractivity contribution is 0.0991. The van der Waals surface area contributed by atoms with Crippen molar-refractivity contribution in [2.75, 3.05) is 5.73 Å². The molecule has 1 atom stereocenters. The normalized spacial score (nSPS) is 12.5. The maximum absolute atomic E-state index is 11.5. The van der Waals surface area contributed by atoms with Crippen molar-refractivity contribution >= 4 is 34.7 Å². The van der Waals surface area contributed by atoms with Crippen molar-refractivity contribution in [2.45, 2.75) is 18.2 Å². The van der Waals surface area contributed by atoms with Crippen LogP contribution in [-0.2, 0) is 5.88 Å². The number of hydrogen-bond donors (Lipinski definition) is 1. The van der Waals surface area contributed by atoms with Crippen molar-refractivity contribution in [3.05, 3.63) is 29.3 Å². The molecule has 0 aliphatic rings. The van der Waals surface area contributed by atoms with Crippen molar-refractivity contribution < 1.29 is 4.79 Å². The van der Waals surface area contributed by atoms with E-state index < -0.39 is 5.38 Å². The molecule has 1 aromatic rings. The van der Waals surface area contributed by atoms with Gasteiger partial charge in [0.1, 0.15) is 0 Å². The fourth-order valence-corrected chi connectivity index (χ4v) is 1.45. The van der Waals surface area contributed by atoms with Crippen LogP contribution in [0.2, 0.25) is 0 Å². The van der Waals surface area contributed by atoms with Gasteiger partial charge in [0.2, 0.25) is 0 Å². The molecule has 76 valence electrons. The number of carbonyl (C=O) groups excluding carboxylic acids is 1. The second-order valence-corrected chi connectivity index (χ2v) is 4.00. The Morgan fingerprint density at radius 3 is 2.64 bits per heavy atom. The molecule has 0 spiro atoms. The summed E-state index contributed by atoms with van der Waals surface area (Å²) < 4.78 is 0. The third-order valence-electron chi connectivity index (χ3n) is 1.82. The number of Topliss-reactive ketones (excluding diaryl/α,β-unsaturated/α-hetero) is 1. The van der Waals surface area contributed by atoms with E-state index in [-0.39, 0.29) is 5.78 Å². The van der Waals surface area contributed by atoms with Gasteiger partial charge in [-0.3, -0.25) is 4.79 Å². The number of halogens is 2. The zero-order chi connectivity index (χ0) is 10.7. The topological polar surface area (TPSA) is 43.1 Å². The molecule has 0 saturated carbocycles. The lowest BCUT2D eigenvalue weighted by atomic mass is 10.1. The first-order valence-electron chi connectivity index (χ1n) is 4.18. The molecule has 4 heteroatoms. The minimum atomic E-state index is -0.542. The van der Waals surface area contributed by atoms with Crippen LogP contribution in [0.5, 0.6) is 0 Å². The predicted molar refractivity (Wildman–Crippen MR) is 60.1 cm³/mol. The van der Waals surface area contributed by atoms with Crippen molar-refractivity contribution in [2.24, 2.45) is 0 Å². The lowest BCUT2D eigenvalue weighted by Crippen LogP contribution is -2.11. The van der Waals surface area contributed by atoms with Gasteiger partial charge in [0, 0.05) is 17.1 Å². The number of rotatable bonds is 3. The Bertz CT molecular complexity index is 350. The molecule has 1 aromatic carbocycles. The number of benzene rings is 1. The summed E-state index contributed by atoms with van der Waals surface area (Å²) in [5, 5.41) is -0.542. The fraction of sp³-hybridized carbons (Fsp3) is 0.300. The van der Waals surface area contributed by atoms with Gasteiger partial charge >= 0.3 is 0 Å². The average Bonchev–Trinajstić information content (AvgIpc) is 2.15. The maximum Gasteiger partial charge on any atom is 0.180 e. The molecule has 1 rings (SSSR count). The molecule has 0 aliphatic heterocycles. The average molecular weight is 232 g/mol. The molecule has 1 unspecified atom stereocenters. The highest BCUT2D eigenvalue weighted by Crippen LogP contribution is 2.16. The third-order valence-corrected chi connectivity index (χ3v) is 2.32. The largest absolute Gasteiger partial charge is 0.399 e. The van der Waals surface area contributed by atoms with E-state index in [0.717, 1.165) is 5.56 Å². The van der Waals surface area contributed by atoms with Crippen molar-refractivity contribution in [1.29, 1.82) is 0 Å². The molecule has 0 fully saturated rings. The van der Waals surface area contributed by atoms with Crippen LogP contribution in [0.15, 0.2) is 18.2 Å². The van der Waals surface area contributed by atoms with Gasteiger partial charge in [0.15, 0.2) is 5.78 Å². The highest BCUT2D eigenvalue weighted by molar-refractivity contribution is 6.33. The van der Waals surface area contributed by atoms with Crippen LogP contribution in [0, 0.1) is 0 Å². The third kappa shape index (κ3) is 2.63. The van der Waals surface area contributed by atoms with Gasteiger partial charge < -0.3 is 5.73 Å². The van der Waals surface area contributed by atoms with Crippen LogP contribution >= 0.6 is 23.2 Å². The summed E-state index contributed by atoms with van der Waals surface area (Å²) in [5.74, 6) is 0.201. The first kappa shape index (κ1) is 11.3. The minimum absolute atomic E-state index is 0.134. The standard InChI is InChI=1S/C10H11Cl2NO/c1-6(12)10(14)8-2-7(5-11)3-9(13)4-8/h2-4,6H,5,13H2,1H3. The molecule has 2 N–H and O–H groups in total. The number of anilines is 1. The Hall–Kier alpha value is -0.730. The van der Waals surface area contributed by atoms with E-state index in [1.807, 2.05) is 0 Å². The van der Waals surface area contributed by atoms with Gasteiger partial charge in [-0.2, -0.15) is 0 Å². The first-order chi connectivity index (χ1) is 6.54. The Morgan fingerprint density at radius 2 is 2.14 bits per heavy atom. The van der Waals surface area contributed by atoms with E-state index >= 15 is 0 Å². The summed E-state index contributed by atoms with van der Waals surface area (Å²) >= 11 is 11.3. The van der Waals surface area contributed by atoms with Crippen LogP contribution in [0.25, 0.3) is 0 Å². The second-order valence-electron chi connectivity index (χ2n) is 3.08. The highest BCUT2D eigenvalue weighted by atomic mass is 35.5. The van der Waals surface area contributed by atoms with Crippen LogP contribution < -0.4 is 5.73 Å². The predicted octanol–water partition coefficient (Wildman–Crippen LogP) is 2.82. The van der Waals surface area contributed by atoms with Crippen LogP contribution in [0.1, 0.15) is 22.8 Å². The van der Waals surface area contributed by atoms with Gasteiger partial charge in [-0.15, -0.1) is 23.2 Å². The molecule has 0 heterocycles. The van der Waals surface area contributed by atoms with Crippen molar-refractivity contribution in [3.8, 4) is 0 Å². The second kappa shape index (κ2) is 4.67. The molecular formula is C10H11Cl2NO. The van der Waals surface area contributed by atoms with Gasteiger partial charge in [-0.05, 0) is 30.7 Å². The van der Waals surface area contributed by atoms with Gasteiger partial charge in [-0.1, -0.05) is 0 Å². The summed E-state index contributed by atoms with van der Waals surface area (Å²) in [6.07, 6.45) is 0. The summed E-state index contributed by atoms with van der Waals surface area (Å²) in [5.41, 5.74) is 7.49. The summed E-state index contributed by atoms with van der Waals surface area (Å²) in [6.45, 7) is 1.63. The molecular weight excluding hydrogens is 221 g/mol. The van der Waals surface area contributed by atoms with Gasteiger partial charge in [-0.25, -0.2) is 0 Å². The maximum atomic E-state index is 11.5. The van der Waals surface area contributed by atoms with E-state index in [0.29, 0.717) is 17.1 Å². The molecule has 0 saturated heterocycles. The van der Waals surface area contributed by atoms with E-state index in [1.165, 1.54) is 0 Å². The number of carbonyl (C=O) groups is 1. The van der Waals surface area contributed by atoms with Crippen LogP contribution in [-0.4, -0.2) is 11.2 Å². The molecule has 0 bridgehead atoms. The lowest BCUT2D eigenvalue weighted by Gasteiger charge is -2.05. The molecule has 0 amide bonds. The summed E-state index contributed by atoms with van der Waals surface area (Å²) in [4.78, 5) is 11.5. The quantitative estimate of drug-likeness (QED) is 0.494. The van der Waals surface area contributed by atoms with E-state index in [1.54, 1.807) is 25.1 Å². The number of nitrogen functional groups attached to an aromatic ring is 1. The zero-order valence-electron chi connectivity index (χ0n) is 7.76. The monoisotopic (exact) mass is 231 g/mol. The summed E-state index contributed by atoms with van der Waals surface area (Å²) in [7, 11) is 0. The Labute approximate surface area is 93.0 Å². The molecule has 2 nitrogen and oxygen atoms in total. The first-order valence-corrected chi connectivity index (χ1v) is 5.15. The number of alkyl halides is 2. The Balaban J connectivity index is 3.09. The van der Waals surface area contributed by atoms with Crippen LogP contribution in [0.3, 0.4) is 0 Å². The number of ketones is 1. The molecule has 0 aromatic heterocycles. The minimum Gasteiger partial charge on any atom is -0.399 e. The smallest absolute Gasteiger partial charge is 0.180 e. The fourth-order valence-electron chi connectivity index (χ4n) is 1.17. The van der Waals surface area contributed by atoms with Crippen LogP contribution in [0.4, 0.5) is 5.69 Å².